The first-order chi connectivity index (χ1) is 12.2. The van der Waals surface area contributed by atoms with Gasteiger partial charge in [-0.05, 0) is 41.8 Å². The highest BCUT2D eigenvalue weighted by atomic mass is 16.5. The molecule has 0 unspecified atom stereocenters. The lowest BCUT2D eigenvalue weighted by Crippen LogP contribution is -2.24. The molecule has 2 rings (SSSR count). The van der Waals surface area contributed by atoms with Gasteiger partial charge in [-0.1, -0.05) is 25.1 Å². The van der Waals surface area contributed by atoms with Crippen molar-refractivity contribution < 1.29 is 19.0 Å². The fourth-order valence-corrected chi connectivity index (χ4v) is 2.22. The van der Waals surface area contributed by atoms with Crippen LogP contribution in [0.25, 0.3) is 0 Å². The summed E-state index contributed by atoms with van der Waals surface area (Å²) >= 11 is 0. The van der Waals surface area contributed by atoms with Gasteiger partial charge in [-0.25, -0.2) is 5.43 Å². The highest BCUT2D eigenvalue weighted by molar-refractivity contribution is 5.83. The molecule has 1 N–H and O–H groups in total. The third kappa shape index (κ3) is 5.24. The maximum Gasteiger partial charge on any atom is 0.277 e. The topological polar surface area (TPSA) is 69.2 Å². The van der Waals surface area contributed by atoms with E-state index in [0.717, 1.165) is 17.5 Å². The maximum atomic E-state index is 11.8. The number of carbonyl (C=O) groups excluding carboxylic acids is 1. The number of nitrogens with one attached hydrogen (secondary N) is 1. The fraction of sp³-hybridized carbons (Fsp3) is 0.263. The van der Waals surface area contributed by atoms with Crippen LogP contribution in [0.1, 0.15) is 18.1 Å². The summed E-state index contributed by atoms with van der Waals surface area (Å²) in [6.07, 6.45) is 2.37. The number of methoxy groups -OCH3 is 2. The Balaban J connectivity index is 1.88. The second-order valence-corrected chi connectivity index (χ2v) is 5.16. The second kappa shape index (κ2) is 9.32. The molecule has 0 aliphatic rings. The Morgan fingerprint density at radius 3 is 2.56 bits per heavy atom. The highest BCUT2D eigenvalue weighted by Crippen LogP contribution is 2.26. The van der Waals surface area contributed by atoms with Gasteiger partial charge in [-0.15, -0.1) is 0 Å². The Labute approximate surface area is 147 Å². The van der Waals surface area contributed by atoms with E-state index in [2.05, 4.69) is 10.5 Å². The van der Waals surface area contributed by atoms with Crippen molar-refractivity contribution in [2.45, 2.75) is 13.3 Å². The van der Waals surface area contributed by atoms with Crippen molar-refractivity contribution in [2.24, 2.45) is 5.10 Å². The summed E-state index contributed by atoms with van der Waals surface area (Å²) in [4.78, 5) is 11.8. The Kier molecular flexibility index (Phi) is 6.83. The van der Waals surface area contributed by atoms with Gasteiger partial charge in [0, 0.05) is 0 Å². The molecule has 1 amide bonds. The number of hydrogen-bond donors (Lipinski definition) is 1. The van der Waals surface area contributed by atoms with Crippen LogP contribution in [0.3, 0.4) is 0 Å². The molecule has 132 valence electrons. The van der Waals surface area contributed by atoms with E-state index >= 15 is 0 Å². The zero-order chi connectivity index (χ0) is 18.1. The van der Waals surface area contributed by atoms with Crippen LogP contribution in [0.5, 0.6) is 17.2 Å². The molecule has 0 spiro atoms. The third-order valence-electron chi connectivity index (χ3n) is 3.52. The number of carbonyl (C=O) groups is 1. The van der Waals surface area contributed by atoms with Crippen LogP contribution in [0, 0.1) is 0 Å². The molecule has 0 fully saturated rings. The summed E-state index contributed by atoms with van der Waals surface area (Å²) in [6, 6.07) is 13.0. The fourth-order valence-electron chi connectivity index (χ4n) is 2.22. The first-order valence-corrected chi connectivity index (χ1v) is 7.92. The van der Waals surface area contributed by atoms with Crippen LogP contribution < -0.4 is 19.6 Å². The van der Waals surface area contributed by atoms with Crippen molar-refractivity contribution in [2.75, 3.05) is 20.8 Å². The summed E-state index contributed by atoms with van der Waals surface area (Å²) in [7, 11) is 3.13. The smallest absolute Gasteiger partial charge is 0.277 e. The first kappa shape index (κ1) is 18.3. The molecule has 0 heterocycles. The summed E-state index contributed by atoms with van der Waals surface area (Å²) < 4.78 is 15.9. The predicted octanol–water partition coefficient (Wildman–Crippen LogP) is 2.80. The summed E-state index contributed by atoms with van der Waals surface area (Å²) in [5.41, 5.74) is 4.27. The molecule has 6 nitrogen and oxygen atoms in total. The number of hydrazone groups is 1. The van der Waals surface area contributed by atoms with Crippen molar-refractivity contribution in [1.29, 1.82) is 0 Å². The summed E-state index contributed by atoms with van der Waals surface area (Å²) in [5, 5.41) is 3.93. The van der Waals surface area contributed by atoms with Gasteiger partial charge >= 0.3 is 0 Å². The largest absolute Gasteiger partial charge is 0.493 e. The molecular formula is C19H22N2O4. The lowest BCUT2D eigenvalue weighted by Gasteiger charge is -2.09. The third-order valence-corrected chi connectivity index (χ3v) is 3.52. The molecule has 0 aromatic heterocycles. The van der Waals surface area contributed by atoms with Gasteiger partial charge in [0.2, 0.25) is 0 Å². The maximum absolute atomic E-state index is 11.8. The van der Waals surface area contributed by atoms with Crippen LogP contribution in [0.2, 0.25) is 0 Å². The lowest BCUT2D eigenvalue weighted by atomic mass is 10.1. The molecule has 2 aromatic rings. The summed E-state index contributed by atoms with van der Waals surface area (Å²) in [5.74, 6) is 1.61. The summed E-state index contributed by atoms with van der Waals surface area (Å²) in [6.45, 7) is 1.94. The lowest BCUT2D eigenvalue weighted by molar-refractivity contribution is -0.123. The zero-order valence-electron chi connectivity index (χ0n) is 14.6. The molecule has 0 aliphatic carbocycles. The number of aryl methyl sites for hydroxylation is 1. The minimum Gasteiger partial charge on any atom is -0.493 e. The minimum absolute atomic E-state index is 0.0969. The number of amides is 1. The number of nitrogens with zero attached hydrogens (tertiary/aromatic N) is 1. The van der Waals surface area contributed by atoms with E-state index in [-0.39, 0.29) is 12.5 Å². The Bertz CT molecular complexity index is 744. The van der Waals surface area contributed by atoms with Gasteiger partial charge in [0.05, 0.1) is 20.4 Å². The predicted molar refractivity (Wildman–Crippen MR) is 96.6 cm³/mol. The number of para-hydroxylation sites is 1. The van der Waals surface area contributed by atoms with Gasteiger partial charge in [-0.3, -0.25) is 4.79 Å². The molecule has 0 bridgehead atoms. The van der Waals surface area contributed by atoms with Crippen molar-refractivity contribution in [3.8, 4) is 17.2 Å². The Morgan fingerprint density at radius 1 is 1.08 bits per heavy atom. The van der Waals surface area contributed by atoms with E-state index in [9.17, 15) is 4.79 Å². The number of ether oxygens (including phenoxy) is 3. The van der Waals surface area contributed by atoms with Gasteiger partial charge in [-0.2, -0.15) is 5.10 Å². The van der Waals surface area contributed by atoms with Crippen LogP contribution >= 0.6 is 0 Å². The van der Waals surface area contributed by atoms with Gasteiger partial charge < -0.3 is 14.2 Å². The average Bonchev–Trinajstić information content (AvgIpc) is 2.66. The molecule has 0 saturated heterocycles. The van der Waals surface area contributed by atoms with E-state index in [1.54, 1.807) is 26.4 Å². The normalized spacial score (nSPS) is 10.5. The number of benzene rings is 2. The monoisotopic (exact) mass is 342 g/mol. The van der Waals surface area contributed by atoms with Gasteiger partial charge in [0.1, 0.15) is 5.75 Å². The average molecular weight is 342 g/mol. The van der Waals surface area contributed by atoms with Crippen LogP contribution in [-0.2, 0) is 11.2 Å². The Morgan fingerprint density at radius 2 is 1.84 bits per heavy atom. The Hall–Kier alpha value is -3.02. The molecule has 0 atom stereocenters. The van der Waals surface area contributed by atoms with Crippen molar-refractivity contribution in [3.05, 3.63) is 53.6 Å². The molecule has 0 saturated carbocycles. The molecular weight excluding hydrogens is 320 g/mol. The SMILES string of the molecule is CCc1ccccc1OCC(=O)N/N=C/c1ccc(OC)c(OC)c1. The molecule has 0 aliphatic heterocycles. The van der Waals surface area contributed by atoms with Crippen LogP contribution in [0.15, 0.2) is 47.6 Å². The van der Waals surface area contributed by atoms with E-state index in [4.69, 9.17) is 14.2 Å². The molecule has 0 radical (unpaired) electrons. The van der Waals surface area contributed by atoms with E-state index in [0.29, 0.717) is 17.2 Å². The van der Waals surface area contributed by atoms with Gasteiger partial charge in [0.25, 0.3) is 5.91 Å². The van der Waals surface area contributed by atoms with Crippen molar-refractivity contribution in [3.63, 3.8) is 0 Å². The molecule has 2 aromatic carbocycles. The van der Waals surface area contributed by atoms with E-state index in [1.807, 2.05) is 37.3 Å². The molecule has 25 heavy (non-hydrogen) atoms. The number of hydrogen-bond acceptors (Lipinski definition) is 5. The van der Waals surface area contributed by atoms with Crippen molar-refractivity contribution in [1.82, 2.24) is 5.43 Å². The highest BCUT2D eigenvalue weighted by Gasteiger charge is 2.05. The minimum atomic E-state index is -0.331. The zero-order valence-corrected chi connectivity index (χ0v) is 14.6. The standard InChI is InChI=1S/C19H22N2O4/c1-4-15-7-5-6-8-16(15)25-13-19(22)21-20-12-14-9-10-17(23-2)18(11-14)24-3/h5-12H,4,13H2,1-3H3,(H,21,22)/b20-12+. The van der Waals surface area contributed by atoms with Crippen LogP contribution in [0.4, 0.5) is 0 Å². The molecule has 6 heteroatoms. The van der Waals surface area contributed by atoms with Crippen molar-refractivity contribution >= 4 is 12.1 Å². The van der Waals surface area contributed by atoms with E-state index in [1.165, 1.54) is 6.21 Å². The van der Waals surface area contributed by atoms with Crippen LogP contribution in [-0.4, -0.2) is 32.9 Å². The first-order valence-electron chi connectivity index (χ1n) is 7.92. The van der Waals surface area contributed by atoms with E-state index < -0.39 is 0 Å². The van der Waals surface area contributed by atoms with Gasteiger partial charge in [0.15, 0.2) is 18.1 Å². The second-order valence-electron chi connectivity index (χ2n) is 5.16. The quantitative estimate of drug-likeness (QED) is 0.592. The number of rotatable bonds is 8.